The highest BCUT2D eigenvalue weighted by atomic mass is 16.5. The van der Waals surface area contributed by atoms with E-state index in [-0.39, 0.29) is 11.9 Å². The fourth-order valence-electron chi connectivity index (χ4n) is 3.13. The number of hydrogen-bond acceptors (Lipinski definition) is 4. The Hall–Kier alpha value is -2.86. The molecular formula is C21H25N3O3. The van der Waals surface area contributed by atoms with E-state index in [1.54, 1.807) is 19.2 Å². The molecule has 3 rings (SSSR count). The van der Waals surface area contributed by atoms with Crippen LogP contribution in [0.4, 0.5) is 0 Å². The van der Waals surface area contributed by atoms with Crippen LogP contribution in [0.25, 0.3) is 11.0 Å². The summed E-state index contributed by atoms with van der Waals surface area (Å²) in [7, 11) is 1.56. The number of nitrogens with one attached hydrogen (secondary N) is 1. The van der Waals surface area contributed by atoms with E-state index in [1.807, 2.05) is 50.2 Å². The maximum Gasteiger partial charge on any atom is 0.255 e. The van der Waals surface area contributed by atoms with Crippen LogP contribution in [0, 0.1) is 0 Å². The molecule has 0 aliphatic heterocycles. The van der Waals surface area contributed by atoms with Crippen LogP contribution in [0.2, 0.25) is 0 Å². The second kappa shape index (κ2) is 8.68. The number of carbonyl (C=O) groups excluding carboxylic acids is 1. The van der Waals surface area contributed by atoms with Gasteiger partial charge in [-0.05, 0) is 38.1 Å². The minimum absolute atomic E-state index is 0.191. The molecule has 1 heterocycles. The van der Waals surface area contributed by atoms with Crippen LogP contribution in [-0.4, -0.2) is 35.8 Å². The Bertz CT molecular complexity index is 920. The average Bonchev–Trinajstić information content (AvgIpc) is 3.07. The van der Waals surface area contributed by atoms with Gasteiger partial charge in [0.2, 0.25) is 0 Å². The van der Waals surface area contributed by atoms with Gasteiger partial charge in [-0.2, -0.15) is 0 Å². The summed E-state index contributed by atoms with van der Waals surface area (Å²) < 4.78 is 12.9. The van der Waals surface area contributed by atoms with Crippen LogP contribution in [-0.2, 0) is 11.3 Å². The second-order valence-electron chi connectivity index (χ2n) is 6.20. The van der Waals surface area contributed by atoms with E-state index in [0.29, 0.717) is 31.1 Å². The van der Waals surface area contributed by atoms with Crippen LogP contribution in [0.15, 0.2) is 48.5 Å². The summed E-state index contributed by atoms with van der Waals surface area (Å²) in [6.45, 7) is 5.85. The minimum Gasteiger partial charge on any atom is -0.496 e. The number of hydrogen-bond donors (Lipinski definition) is 1. The smallest absolute Gasteiger partial charge is 0.255 e. The van der Waals surface area contributed by atoms with Crippen molar-refractivity contribution in [3.05, 3.63) is 59.9 Å². The summed E-state index contributed by atoms with van der Waals surface area (Å²) in [5.74, 6) is 1.16. The number of ether oxygens (including phenoxy) is 2. The lowest BCUT2D eigenvalue weighted by atomic mass is 10.1. The fourth-order valence-corrected chi connectivity index (χ4v) is 3.13. The molecule has 0 saturated carbocycles. The van der Waals surface area contributed by atoms with Crippen molar-refractivity contribution in [3.63, 3.8) is 0 Å². The maximum atomic E-state index is 12.7. The van der Waals surface area contributed by atoms with Gasteiger partial charge in [-0.15, -0.1) is 0 Å². The third kappa shape index (κ3) is 4.11. The maximum absolute atomic E-state index is 12.7. The topological polar surface area (TPSA) is 65.4 Å². The molecule has 0 saturated heterocycles. The first-order valence-electron chi connectivity index (χ1n) is 9.12. The molecule has 3 aromatic rings. The lowest BCUT2D eigenvalue weighted by Gasteiger charge is -2.17. The molecule has 0 aliphatic carbocycles. The zero-order valence-electron chi connectivity index (χ0n) is 15.9. The van der Waals surface area contributed by atoms with Crippen LogP contribution in [0.1, 0.15) is 36.1 Å². The van der Waals surface area contributed by atoms with Crippen molar-refractivity contribution in [3.8, 4) is 5.75 Å². The van der Waals surface area contributed by atoms with Crippen molar-refractivity contribution in [2.24, 2.45) is 0 Å². The quantitative estimate of drug-likeness (QED) is 0.618. The molecule has 0 spiro atoms. The predicted molar refractivity (Wildman–Crippen MR) is 105 cm³/mol. The molecule has 0 radical (unpaired) electrons. The van der Waals surface area contributed by atoms with Gasteiger partial charge in [0.15, 0.2) is 0 Å². The van der Waals surface area contributed by atoms with Crippen LogP contribution >= 0.6 is 0 Å². The summed E-state index contributed by atoms with van der Waals surface area (Å²) >= 11 is 0. The fraction of sp³-hybridized carbons (Fsp3) is 0.333. The Balaban J connectivity index is 1.87. The first-order valence-corrected chi connectivity index (χ1v) is 9.12. The Morgan fingerprint density at radius 2 is 1.93 bits per heavy atom. The molecule has 1 atom stereocenters. The number of imidazole rings is 1. The number of rotatable bonds is 8. The van der Waals surface area contributed by atoms with Crippen LogP contribution in [0.3, 0.4) is 0 Å². The van der Waals surface area contributed by atoms with E-state index in [1.165, 1.54) is 0 Å². The number of aromatic nitrogens is 2. The van der Waals surface area contributed by atoms with Crippen LogP contribution < -0.4 is 10.1 Å². The number of nitrogens with zero attached hydrogens (tertiary/aromatic N) is 2. The van der Waals surface area contributed by atoms with Gasteiger partial charge in [-0.3, -0.25) is 4.79 Å². The standard InChI is InChI=1S/C21H25N3O3/c1-4-27-14-13-24-18-11-7-6-10-17(18)23-20(24)15(2)22-21(25)16-9-5-8-12-19(16)26-3/h5-12,15H,4,13-14H2,1-3H3,(H,22,25). The van der Waals surface area contributed by atoms with Gasteiger partial charge in [0, 0.05) is 13.2 Å². The zero-order chi connectivity index (χ0) is 19.2. The lowest BCUT2D eigenvalue weighted by Crippen LogP contribution is -2.29. The van der Waals surface area contributed by atoms with Crippen molar-refractivity contribution >= 4 is 16.9 Å². The molecule has 0 aliphatic rings. The SMILES string of the molecule is CCOCCn1c(C(C)NC(=O)c2ccccc2OC)nc2ccccc21. The van der Waals surface area contributed by atoms with Gasteiger partial charge >= 0.3 is 0 Å². The first-order chi connectivity index (χ1) is 13.2. The molecule has 0 fully saturated rings. The molecule has 6 heteroatoms. The molecule has 6 nitrogen and oxygen atoms in total. The van der Waals surface area contributed by atoms with E-state index in [4.69, 9.17) is 14.5 Å². The number of para-hydroxylation sites is 3. The van der Waals surface area contributed by atoms with E-state index in [9.17, 15) is 4.79 Å². The Morgan fingerprint density at radius 1 is 1.19 bits per heavy atom. The van der Waals surface area contributed by atoms with Gasteiger partial charge in [0.1, 0.15) is 11.6 Å². The van der Waals surface area contributed by atoms with E-state index < -0.39 is 0 Å². The summed E-state index contributed by atoms with van der Waals surface area (Å²) in [5, 5.41) is 3.04. The van der Waals surface area contributed by atoms with E-state index in [0.717, 1.165) is 16.9 Å². The number of fused-ring (bicyclic) bond motifs is 1. The molecule has 1 unspecified atom stereocenters. The van der Waals surface area contributed by atoms with Gasteiger partial charge < -0.3 is 19.4 Å². The molecule has 1 amide bonds. The van der Waals surface area contributed by atoms with Gasteiger partial charge in [0.25, 0.3) is 5.91 Å². The monoisotopic (exact) mass is 367 g/mol. The molecule has 2 aromatic carbocycles. The van der Waals surface area contributed by atoms with Gasteiger partial charge in [0.05, 0.1) is 36.4 Å². The average molecular weight is 367 g/mol. The number of carbonyl (C=O) groups is 1. The van der Waals surface area contributed by atoms with Gasteiger partial charge in [-0.25, -0.2) is 4.98 Å². The normalized spacial score (nSPS) is 12.1. The zero-order valence-corrected chi connectivity index (χ0v) is 15.9. The lowest BCUT2D eigenvalue weighted by molar-refractivity contribution is 0.0934. The van der Waals surface area contributed by atoms with Gasteiger partial charge in [-0.1, -0.05) is 24.3 Å². The molecule has 1 N–H and O–H groups in total. The largest absolute Gasteiger partial charge is 0.496 e. The third-order valence-corrected chi connectivity index (χ3v) is 4.43. The van der Waals surface area contributed by atoms with Crippen LogP contribution in [0.5, 0.6) is 5.75 Å². The molecular weight excluding hydrogens is 342 g/mol. The molecule has 1 aromatic heterocycles. The first kappa shape index (κ1) is 18.9. The minimum atomic E-state index is -0.267. The third-order valence-electron chi connectivity index (χ3n) is 4.43. The number of benzene rings is 2. The predicted octanol–water partition coefficient (Wildman–Crippen LogP) is 3.57. The highest BCUT2D eigenvalue weighted by Gasteiger charge is 2.20. The summed E-state index contributed by atoms with van der Waals surface area (Å²) in [4.78, 5) is 17.5. The van der Waals surface area contributed by atoms with E-state index >= 15 is 0 Å². The Morgan fingerprint density at radius 3 is 2.70 bits per heavy atom. The van der Waals surface area contributed by atoms with Crippen molar-refractivity contribution < 1.29 is 14.3 Å². The Kier molecular flexibility index (Phi) is 6.08. The number of methoxy groups -OCH3 is 1. The molecule has 142 valence electrons. The molecule has 0 bridgehead atoms. The van der Waals surface area contributed by atoms with Crippen molar-refractivity contribution in [1.82, 2.24) is 14.9 Å². The van der Waals surface area contributed by atoms with Crippen molar-refractivity contribution in [2.75, 3.05) is 20.3 Å². The summed E-state index contributed by atoms with van der Waals surface area (Å²) in [5.41, 5.74) is 2.44. The van der Waals surface area contributed by atoms with Crippen molar-refractivity contribution in [2.45, 2.75) is 26.4 Å². The summed E-state index contributed by atoms with van der Waals surface area (Å²) in [6.07, 6.45) is 0. The Labute approximate surface area is 159 Å². The number of amides is 1. The second-order valence-corrected chi connectivity index (χ2v) is 6.20. The summed E-state index contributed by atoms with van der Waals surface area (Å²) in [6, 6.07) is 14.9. The highest BCUT2D eigenvalue weighted by molar-refractivity contribution is 5.97. The van der Waals surface area contributed by atoms with Crippen molar-refractivity contribution in [1.29, 1.82) is 0 Å². The van der Waals surface area contributed by atoms with E-state index in [2.05, 4.69) is 9.88 Å². The molecule has 27 heavy (non-hydrogen) atoms. The highest BCUT2D eigenvalue weighted by Crippen LogP contribution is 2.22.